The van der Waals surface area contributed by atoms with Gasteiger partial charge >= 0.3 is 0 Å². The Bertz CT molecular complexity index is 1620. The summed E-state index contributed by atoms with van der Waals surface area (Å²) in [5.41, 5.74) is 3.30. The van der Waals surface area contributed by atoms with Crippen LogP contribution in [0.25, 0.3) is 10.9 Å². The maximum absolute atomic E-state index is 13.8. The van der Waals surface area contributed by atoms with Gasteiger partial charge in [0.25, 0.3) is 5.56 Å². The van der Waals surface area contributed by atoms with E-state index < -0.39 is 5.25 Å². The van der Waals surface area contributed by atoms with Gasteiger partial charge in [0.1, 0.15) is 0 Å². The number of aromatic nitrogens is 2. The van der Waals surface area contributed by atoms with Gasteiger partial charge in [0, 0.05) is 12.6 Å². The molecule has 0 fully saturated rings. The third-order valence-corrected chi connectivity index (χ3v) is 8.04. The van der Waals surface area contributed by atoms with Crippen LogP contribution in [-0.2, 0) is 17.9 Å². The number of carbonyl (C=O) groups excluding carboxylic acids is 1. The third kappa shape index (κ3) is 5.12. The molecule has 1 aromatic heterocycles. The van der Waals surface area contributed by atoms with Gasteiger partial charge in [0.2, 0.25) is 19.5 Å². The van der Waals surface area contributed by atoms with Gasteiger partial charge < -0.3 is 24.3 Å². The van der Waals surface area contributed by atoms with Crippen molar-refractivity contribution in [2.75, 3.05) is 13.6 Å². The molecule has 10 heteroatoms. The van der Waals surface area contributed by atoms with E-state index >= 15 is 0 Å². The molecule has 0 unspecified atom stereocenters. The zero-order valence-corrected chi connectivity index (χ0v) is 22.4. The molecule has 0 radical (unpaired) electrons. The van der Waals surface area contributed by atoms with Crippen molar-refractivity contribution in [2.45, 2.75) is 43.8 Å². The van der Waals surface area contributed by atoms with Crippen LogP contribution in [0, 0.1) is 6.92 Å². The SMILES string of the molecule is CC[C@H](Sc1nc2cc3c(cc2c(=O)n1Cc1ccc2c(c1)OCO2)OCO3)C(=O)NCc1ccc(C)cc1. The van der Waals surface area contributed by atoms with Crippen molar-refractivity contribution < 1.29 is 23.7 Å². The second-order valence-corrected chi connectivity index (χ2v) is 10.6. The smallest absolute Gasteiger partial charge is 0.262 e. The number of amides is 1. The number of nitrogens with one attached hydrogen (secondary N) is 1. The van der Waals surface area contributed by atoms with E-state index in [2.05, 4.69) is 5.32 Å². The van der Waals surface area contributed by atoms with Gasteiger partial charge in [-0.05, 0) is 42.7 Å². The second-order valence-electron chi connectivity index (χ2n) is 9.41. The summed E-state index contributed by atoms with van der Waals surface area (Å²) in [6.07, 6.45) is 0.559. The van der Waals surface area contributed by atoms with Crippen LogP contribution in [0.5, 0.6) is 23.0 Å². The molecule has 2 aliphatic rings. The van der Waals surface area contributed by atoms with Crippen molar-refractivity contribution in [3.8, 4) is 23.0 Å². The summed E-state index contributed by atoms with van der Waals surface area (Å²) in [5.74, 6) is 2.24. The molecular weight excluding hydrogens is 518 g/mol. The summed E-state index contributed by atoms with van der Waals surface area (Å²) < 4.78 is 23.6. The Hall–Kier alpha value is -4.18. The molecule has 1 N–H and O–H groups in total. The fraction of sp³-hybridized carbons (Fsp3) is 0.276. The van der Waals surface area contributed by atoms with Crippen molar-refractivity contribution in [3.63, 3.8) is 0 Å². The molecule has 2 aliphatic heterocycles. The predicted octanol–water partition coefficient (Wildman–Crippen LogP) is 4.40. The van der Waals surface area contributed by atoms with E-state index in [0.29, 0.717) is 52.0 Å². The van der Waals surface area contributed by atoms with Crippen LogP contribution in [0.15, 0.2) is 64.5 Å². The molecule has 9 nitrogen and oxygen atoms in total. The maximum atomic E-state index is 13.8. The van der Waals surface area contributed by atoms with Crippen LogP contribution in [0.1, 0.15) is 30.0 Å². The highest BCUT2D eigenvalue weighted by atomic mass is 32.2. The van der Waals surface area contributed by atoms with E-state index in [4.69, 9.17) is 23.9 Å². The monoisotopic (exact) mass is 545 g/mol. The number of benzene rings is 3. The summed E-state index contributed by atoms with van der Waals surface area (Å²) in [6, 6.07) is 17.0. The zero-order valence-electron chi connectivity index (χ0n) is 21.6. The van der Waals surface area contributed by atoms with E-state index in [1.54, 1.807) is 16.7 Å². The first-order valence-electron chi connectivity index (χ1n) is 12.7. The zero-order chi connectivity index (χ0) is 26.9. The van der Waals surface area contributed by atoms with E-state index in [1.807, 2.05) is 56.3 Å². The maximum Gasteiger partial charge on any atom is 0.262 e. The predicted molar refractivity (Wildman–Crippen MR) is 147 cm³/mol. The van der Waals surface area contributed by atoms with Crippen molar-refractivity contribution in [2.24, 2.45) is 0 Å². The highest BCUT2D eigenvalue weighted by molar-refractivity contribution is 8.00. The Morgan fingerprint density at radius 1 is 0.949 bits per heavy atom. The minimum atomic E-state index is -0.447. The fourth-order valence-corrected chi connectivity index (χ4v) is 5.54. The summed E-state index contributed by atoms with van der Waals surface area (Å²) in [4.78, 5) is 31.9. The van der Waals surface area contributed by atoms with Crippen molar-refractivity contribution in [1.82, 2.24) is 14.9 Å². The first-order chi connectivity index (χ1) is 19.0. The molecule has 1 amide bonds. The molecule has 3 aromatic carbocycles. The number of hydrogen-bond donors (Lipinski definition) is 1. The average molecular weight is 546 g/mol. The first kappa shape index (κ1) is 25.1. The number of nitrogens with zero attached hydrogens (tertiary/aromatic N) is 2. The lowest BCUT2D eigenvalue weighted by Crippen LogP contribution is -2.33. The molecule has 6 rings (SSSR count). The van der Waals surface area contributed by atoms with Crippen molar-refractivity contribution in [1.29, 1.82) is 0 Å². The van der Waals surface area contributed by atoms with Crippen LogP contribution in [-0.4, -0.2) is 34.3 Å². The van der Waals surface area contributed by atoms with Crippen LogP contribution in [0.2, 0.25) is 0 Å². The standard InChI is InChI=1S/C29H27N3O6S/c1-3-26(27(33)30-13-18-6-4-17(2)5-7-18)39-29-31-21-12-25-24(37-16-38-25)11-20(21)28(34)32(29)14-19-8-9-22-23(10-19)36-15-35-22/h4-12,26H,3,13-16H2,1-2H3,(H,30,33)/t26-/m0/s1. The van der Waals surface area contributed by atoms with Gasteiger partial charge in [-0.1, -0.05) is 54.6 Å². The fourth-order valence-electron chi connectivity index (χ4n) is 4.50. The summed E-state index contributed by atoms with van der Waals surface area (Å²) >= 11 is 1.28. The van der Waals surface area contributed by atoms with Crippen molar-refractivity contribution in [3.05, 3.63) is 81.6 Å². The van der Waals surface area contributed by atoms with Gasteiger partial charge in [-0.15, -0.1) is 0 Å². The Balaban J connectivity index is 1.33. The lowest BCUT2D eigenvalue weighted by molar-refractivity contribution is -0.120. The van der Waals surface area contributed by atoms with Gasteiger partial charge in [0.15, 0.2) is 28.2 Å². The topological polar surface area (TPSA) is 101 Å². The van der Waals surface area contributed by atoms with E-state index in [9.17, 15) is 9.59 Å². The number of fused-ring (bicyclic) bond motifs is 3. The quantitative estimate of drug-likeness (QED) is 0.257. The number of rotatable bonds is 8. The number of carbonyl (C=O) groups is 1. The van der Waals surface area contributed by atoms with E-state index in [0.717, 1.165) is 16.7 Å². The average Bonchev–Trinajstić information content (AvgIpc) is 3.61. The van der Waals surface area contributed by atoms with Crippen LogP contribution in [0.4, 0.5) is 0 Å². The van der Waals surface area contributed by atoms with Gasteiger partial charge in [-0.25, -0.2) is 4.98 Å². The van der Waals surface area contributed by atoms with Crippen LogP contribution >= 0.6 is 11.8 Å². The summed E-state index contributed by atoms with van der Waals surface area (Å²) in [5, 5.41) is 3.45. The molecule has 1 atom stereocenters. The van der Waals surface area contributed by atoms with E-state index in [-0.39, 0.29) is 31.6 Å². The lowest BCUT2D eigenvalue weighted by atomic mass is 10.1. The van der Waals surface area contributed by atoms with Crippen molar-refractivity contribution >= 4 is 28.6 Å². The molecule has 0 aliphatic carbocycles. The van der Waals surface area contributed by atoms with Gasteiger partial charge in [-0.3, -0.25) is 14.2 Å². The van der Waals surface area contributed by atoms with Gasteiger partial charge in [-0.2, -0.15) is 0 Å². The normalized spacial score (nSPS) is 14.0. The number of ether oxygens (including phenoxy) is 4. The second kappa shape index (κ2) is 10.5. The third-order valence-electron chi connectivity index (χ3n) is 6.69. The van der Waals surface area contributed by atoms with Crippen LogP contribution in [0.3, 0.4) is 0 Å². The summed E-state index contributed by atoms with van der Waals surface area (Å²) in [6.45, 7) is 4.91. The largest absolute Gasteiger partial charge is 0.454 e. The highest BCUT2D eigenvalue weighted by Crippen LogP contribution is 2.36. The molecule has 200 valence electrons. The Morgan fingerprint density at radius 3 is 2.36 bits per heavy atom. The molecule has 0 saturated carbocycles. The molecule has 0 bridgehead atoms. The minimum absolute atomic E-state index is 0.0950. The van der Waals surface area contributed by atoms with E-state index in [1.165, 1.54) is 11.8 Å². The summed E-state index contributed by atoms with van der Waals surface area (Å²) in [7, 11) is 0. The molecule has 0 saturated heterocycles. The Kier molecular flexibility index (Phi) is 6.78. The molecule has 39 heavy (non-hydrogen) atoms. The lowest BCUT2D eigenvalue weighted by Gasteiger charge is -2.18. The highest BCUT2D eigenvalue weighted by Gasteiger charge is 2.24. The molecule has 0 spiro atoms. The molecule has 4 aromatic rings. The number of thioether (sulfide) groups is 1. The number of aryl methyl sites for hydroxylation is 1. The number of hydrogen-bond acceptors (Lipinski definition) is 8. The van der Waals surface area contributed by atoms with Crippen LogP contribution < -0.4 is 29.8 Å². The minimum Gasteiger partial charge on any atom is -0.454 e. The molecule has 3 heterocycles. The molecular formula is C29H27N3O6S. The van der Waals surface area contributed by atoms with Gasteiger partial charge in [0.05, 0.1) is 22.7 Å². The first-order valence-corrected chi connectivity index (χ1v) is 13.6. The Morgan fingerprint density at radius 2 is 1.62 bits per heavy atom. The Labute approximate surface area is 229 Å².